The normalized spacial score (nSPS) is 11.8. The van der Waals surface area contributed by atoms with Gasteiger partial charge in [-0.1, -0.05) is 24.8 Å². The van der Waals surface area contributed by atoms with Crippen molar-refractivity contribution < 1.29 is 9.47 Å². The summed E-state index contributed by atoms with van der Waals surface area (Å²) < 4.78 is 15.8. The zero-order valence-electron chi connectivity index (χ0n) is 19.7. The molecule has 172 valence electrons. The van der Waals surface area contributed by atoms with Crippen LogP contribution in [0.5, 0.6) is 5.75 Å². The molecule has 0 radical (unpaired) electrons. The molecule has 4 aromatic rings. The molecule has 10 heteroatoms. The molecule has 0 aliphatic rings. The molecule has 0 saturated heterocycles. The Hall–Kier alpha value is -3.33. The topological polar surface area (TPSA) is 103 Å². The van der Waals surface area contributed by atoms with Crippen LogP contribution in [0.4, 0.5) is 0 Å². The summed E-state index contributed by atoms with van der Waals surface area (Å²) in [7, 11) is 2.51. The average Bonchev–Trinajstić information content (AvgIpc) is 3.31. The van der Waals surface area contributed by atoms with Crippen LogP contribution in [-0.2, 0) is 25.1 Å². The quantitative estimate of drug-likeness (QED) is 0.104. The van der Waals surface area contributed by atoms with Crippen LogP contribution in [0.3, 0.4) is 0 Å². The van der Waals surface area contributed by atoms with Crippen LogP contribution in [0.25, 0.3) is 43.8 Å². The van der Waals surface area contributed by atoms with E-state index in [4.69, 9.17) is 15.0 Å². The molecule has 3 aromatic heterocycles. The first-order chi connectivity index (χ1) is 15.8. The van der Waals surface area contributed by atoms with Crippen molar-refractivity contribution in [1.82, 2.24) is 19.1 Å². The maximum Gasteiger partial charge on any atom is 0.161 e. The fourth-order valence-corrected chi connectivity index (χ4v) is 4.59. The zero-order valence-corrected chi connectivity index (χ0v) is 20.7. The minimum absolute atomic E-state index is 0.165. The van der Waals surface area contributed by atoms with Crippen LogP contribution >= 0.6 is 0 Å². The lowest BCUT2D eigenvalue weighted by Crippen LogP contribution is -2.22. The van der Waals surface area contributed by atoms with Gasteiger partial charge in [0.25, 0.3) is 0 Å². The largest absolute Gasteiger partial charge is 0.497 e. The average molecular weight is 464 g/mol. The van der Waals surface area contributed by atoms with Crippen LogP contribution < -0.4 is 4.74 Å². The molecule has 4 rings (SSSR count). The Bertz CT molecular complexity index is 1350. The van der Waals surface area contributed by atoms with Gasteiger partial charge >= 0.3 is 0 Å². The summed E-state index contributed by atoms with van der Waals surface area (Å²) in [5.74, 6) is 0.803. The van der Waals surface area contributed by atoms with Gasteiger partial charge in [-0.25, -0.2) is 9.97 Å². The molecule has 33 heavy (non-hydrogen) atoms. The highest BCUT2D eigenvalue weighted by Crippen LogP contribution is 2.35. The van der Waals surface area contributed by atoms with Crippen LogP contribution in [-0.4, -0.2) is 40.9 Å². The van der Waals surface area contributed by atoms with Gasteiger partial charge in [-0.3, -0.25) is 4.57 Å². The third kappa shape index (κ3) is 4.87. The summed E-state index contributed by atoms with van der Waals surface area (Å²) in [4.78, 5) is 12.1. The van der Waals surface area contributed by atoms with Crippen molar-refractivity contribution in [3.63, 3.8) is 0 Å². The van der Waals surface area contributed by atoms with E-state index in [0.717, 1.165) is 45.1 Å². The molecule has 0 bridgehead atoms. The van der Waals surface area contributed by atoms with E-state index in [-0.39, 0.29) is 6.54 Å². The molecule has 0 aliphatic carbocycles. The molecule has 9 nitrogen and oxygen atoms in total. The summed E-state index contributed by atoms with van der Waals surface area (Å²) in [5, 5.41) is 4.70. The molecule has 0 aliphatic heterocycles. The molecule has 0 fully saturated rings. The van der Waals surface area contributed by atoms with Gasteiger partial charge in [-0.2, -0.15) is 0 Å². The Balaban J connectivity index is 1.82. The number of aromatic nitrogens is 4. The van der Waals surface area contributed by atoms with E-state index < -0.39 is 8.07 Å². The van der Waals surface area contributed by atoms with Gasteiger partial charge in [0.2, 0.25) is 0 Å². The Kier molecular flexibility index (Phi) is 6.41. The molecule has 0 N–H and O–H groups in total. The second kappa shape index (κ2) is 9.26. The number of hydrogen-bond donors (Lipinski definition) is 0. The van der Waals surface area contributed by atoms with Crippen molar-refractivity contribution in [2.24, 2.45) is 12.2 Å². The van der Waals surface area contributed by atoms with Crippen molar-refractivity contribution in [3.8, 4) is 17.0 Å². The van der Waals surface area contributed by atoms with Crippen molar-refractivity contribution >= 4 is 30.1 Å². The van der Waals surface area contributed by atoms with Crippen molar-refractivity contribution in [2.45, 2.75) is 39.0 Å². The maximum absolute atomic E-state index is 8.64. The molecule has 0 atom stereocenters. The van der Waals surface area contributed by atoms with Gasteiger partial charge in [0.05, 0.1) is 31.2 Å². The van der Waals surface area contributed by atoms with Gasteiger partial charge in [-0.15, -0.1) is 0 Å². The van der Waals surface area contributed by atoms with Gasteiger partial charge < -0.3 is 14.0 Å². The molecule has 0 saturated carbocycles. The first-order valence-corrected chi connectivity index (χ1v) is 14.6. The SMILES string of the molecule is COc1ccc2c(c1)c(-c1cc3nc(CN=[N+]=[N-])cnc3n1COCC[Si](C)(C)C)cn2C. The number of aryl methyl sites for hydroxylation is 1. The van der Waals surface area contributed by atoms with Crippen LogP contribution in [0.15, 0.2) is 41.8 Å². The fourth-order valence-electron chi connectivity index (χ4n) is 3.83. The third-order valence-corrected chi connectivity index (χ3v) is 7.34. The van der Waals surface area contributed by atoms with Gasteiger partial charge in [0.1, 0.15) is 18.0 Å². The molecule has 3 heterocycles. The second-order valence-corrected chi connectivity index (χ2v) is 14.9. The number of nitrogens with zero attached hydrogens (tertiary/aromatic N) is 7. The number of ether oxygens (including phenoxy) is 2. The monoisotopic (exact) mass is 463 g/mol. The summed E-state index contributed by atoms with van der Waals surface area (Å²) in [6.45, 7) is 8.28. The lowest BCUT2D eigenvalue weighted by atomic mass is 10.1. The standard InChI is InChI=1S/C23H29N7O2Si/c1-29-14-19(18-10-17(31-2)6-7-21(18)29)22-11-20-23(25-12-16(27-20)13-26-28-24)30(22)15-32-8-9-33(3,4)5/h6-7,10-12,14H,8-9,13,15H2,1-5H3. The van der Waals surface area contributed by atoms with Crippen molar-refractivity contribution in [2.75, 3.05) is 13.7 Å². The predicted molar refractivity (Wildman–Crippen MR) is 133 cm³/mol. The first-order valence-electron chi connectivity index (χ1n) is 10.9. The maximum atomic E-state index is 8.64. The molecule has 0 spiro atoms. The Labute approximate surface area is 193 Å². The van der Waals surface area contributed by atoms with Crippen LogP contribution in [0.1, 0.15) is 5.69 Å². The number of fused-ring (bicyclic) bond motifs is 2. The summed E-state index contributed by atoms with van der Waals surface area (Å²) in [5.41, 5.74) is 13.9. The third-order valence-electron chi connectivity index (χ3n) is 5.63. The van der Waals surface area contributed by atoms with E-state index in [1.165, 1.54) is 0 Å². The Morgan fingerprint density at radius 1 is 1.21 bits per heavy atom. The first kappa shape index (κ1) is 22.8. The van der Waals surface area contributed by atoms with E-state index in [9.17, 15) is 0 Å². The summed E-state index contributed by atoms with van der Waals surface area (Å²) in [6, 6.07) is 9.19. The van der Waals surface area contributed by atoms with Crippen LogP contribution in [0.2, 0.25) is 25.7 Å². The number of methoxy groups -OCH3 is 1. The molecular weight excluding hydrogens is 434 g/mol. The van der Waals surface area contributed by atoms with Gasteiger partial charge in [-0.05, 0) is 35.8 Å². The number of hydrogen-bond acceptors (Lipinski definition) is 5. The fraction of sp³-hybridized carbons (Fsp3) is 0.391. The summed E-state index contributed by atoms with van der Waals surface area (Å²) in [6.07, 6.45) is 3.77. The highest BCUT2D eigenvalue weighted by molar-refractivity contribution is 6.76. The van der Waals surface area contributed by atoms with Crippen LogP contribution in [0, 0.1) is 0 Å². The predicted octanol–water partition coefficient (Wildman–Crippen LogP) is 5.72. The number of rotatable bonds is 9. The smallest absolute Gasteiger partial charge is 0.161 e. The Morgan fingerprint density at radius 3 is 2.76 bits per heavy atom. The minimum atomic E-state index is -1.19. The van der Waals surface area contributed by atoms with E-state index in [2.05, 4.69) is 61.0 Å². The molecule has 1 aromatic carbocycles. The highest BCUT2D eigenvalue weighted by atomic mass is 28.3. The van der Waals surface area contributed by atoms with Gasteiger partial charge in [0, 0.05) is 49.3 Å². The molecular formula is C23H29N7O2Si. The lowest BCUT2D eigenvalue weighted by molar-refractivity contribution is 0.0909. The van der Waals surface area contributed by atoms with E-state index >= 15 is 0 Å². The molecule has 0 amide bonds. The van der Waals surface area contributed by atoms with E-state index in [0.29, 0.717) is 19.0 Å². The summed E-state index contributed by atoms with van der Waals surface area (Å²) >= 11 is 0. The lowest BCUT2D eigenvalue weighted by Gasteiger charge is -2.16. The molecule has 0 unspecified atom stereocenters. The minimum Gasteiger partial charge on any atom is -0.497 e. The van der Waals surface area contributed by atoms with Crippen molar-refractivity contribution in [3.05, 3.63) is 52.8 Å². The highest BCUT2D eigenvalue weighted by Gasteiger charge is 2.19. The number of benzene rings is 1. The zero-order chi connectivity index (χ0) is 23.6. The Morgan fingerprint density at radius 2 is 2.03 bits per heavy atom. The van der Waals surface area contributed by atoms with E-state index in [1.807, 2.05) is 25.2 Å². The van der Waals surface area contributed by atoms with Gasteiger partial charge in [0.15, 0.2) is 5.65 Å². The number of azide groups is 1. The second-order valence-electron chi connectivity index (χ2n) is 9.30. The van der Waals surface area contributed by atoms with E-state index in [1.54, 1.807) is 13.3 Å². The van der Waals surface area contributed by atoms with Crippen molar-refractivity contribution in [1.29, 1.82) is 0 Å².